The lowest BCUT2D eigenvalue weighted by Gasteiger charge is -2.11. The van der Waals surface area contributed by atoms with Gasteiger partial charge in [0.1, 0.15) is 5.75 Å². The second kappa shape index (κ2) is 8.50. The van der Waals surface area contributed by atoms with Gasteiger partial charge in [0.15, 0.2) is 11.0 Å². The third-order valence-corrected chi connectivity index (χ3v) is 5.53. The number of hydrogen-bond donors (Lipinski definition) is 0. The summed E-state index contributed by atoms with van der Waals surface area (Å²) in [7, 11) is 1.67. The molecule has 1 aromatic heterocycles. The number of thioether (sulfide) groups is 1. The Labute approximate surface area is 173 Å². The Bertz CT molecular complexity index is 1050. The van der Waals surface area contributed by atoms with E-state index in [1.807, 2.05) is 66.7 Å². The lowest BCUT2D eigenvalue weighted by Crippen LogP contribution is -1.99. The maximum absolute atomic E-state index is 6.08. The number of halogens is 1. The first-order chi connectivity index (χ1) is 13.7. The molecule has 0 unspecified atom stereocenters. The normalized spacial score (nSPS) is 10.8. The van der Waals surface area contributed by atoms with E-state index in [4.69, 9.17) is 16.3 Å². The Morgan fingerprint density at radius 1 is 0.893 bits per heavy atom. The van der Waals surface area contributed by atoms with Gasteiger partial charge in [0.25, 0.3) is 0 Å². The lowest BCUT2D eigenvalue weighted by molar-refractivity contribution is 0.414. The summed E-state index contributed by atoms with van der Waals surface area (Å²) < 4.78 is 7.30. The molecule has 4 aromatic rings. The summed E-state index contributed by atoms with van der Waals surface area (Å²) in [6.07, 6.45) is 0. The molecule has 4 rings (SSSR count). The van der Waals surface area contributed by atoms with Gasteiger partial charge in [-0.15, -0.1) is 10.2 Å². The summed E-state index contributed by atoms with van der Waals surface area (Å²) in [4.78, 5) is 0. The highest BCUT2D eigenvalue weighted by atomic mass is 35.5. The lowest BCUT2D eigenvalue weighted by atomic mass is 10.2. The van der Waals surface area contributed by atoms with Crippen LogP contribution in [0.3, 0.4) is 0 Å². The van der Waals surface area contributed by atoms with Crippen molar-refractivity contribution >= 4 is 23.4 Å². The summed E-state index contributed by atoms with van der Waals surface area (Å²) in [6, 6.07) is 25.8. The number of methoxy groups -OCH3 is 1. The molecule has 0 amide bonds. The molecule has 0 saturated carbocycles. The Morgan fingerprint density at radius 2 is 1.61 bits per heavy atom. The van der Waals surface area contributed by atoms with Crippen molar-refractivity contribution in [3.63, 3.8) is 0 Å². The minimum Gasteiger partial charge on any atom is -0.497 e. The molecule has 0 N–H and O–H groups in total. The van der Waals surface area contributed by atoms with Crippen LogP contribution >= 0.6 is 23.4 Å². The summed E-state index contributed by atoms with van der Waals surface area (Å²) in [5, 5.41) is 10.5. The molecule has 1 heterocycles. The van der Waals surface area contributed by atoms with Gasteiger partial charge in [0.2, 0.25) is 0 Å². The van der Waals surface area contributed by atoms with E-state index >= 15 is 0 Å². The van der Waals surface area contributed by atoms with E-state index < -0.39 is 0 Å². The number of benzene rings is 3. The number of nitrogens with zero attached hydrogens (tertiary/aromatic N) is 3. The van der Waals surface area contributed by atoms with Crippen LogP contribution in [0.2, 0.25) is 5.02 Å². The van der Waals surface area contributed by atoms with E-state index in [0.717, 1.165) is 33.7 Å². The molecule has 0 aliphatic carbocycles. The second-order valence-corrected chi connectivity index (χ2v) is 7.50. The molecule has 140 valence electrons. The highest BCUT2D eigenvalue weighted by Gasteiger charge is 2.16. The molecule has 28 heavy (non-hydrogen) atoms. The highest BCUT2D eigenvalue weighted by Crippen LogP contribution is 2.30. The maximum Gasteiger partial charge on any atom is 0.196 e. The first-order valence-electron chi connectivity index (χ1n) is 8.77. The van der Waals surface area contributed by atoms with Gasteiger partial charge in [-0.1, -0.05) is 65.8 Å². The molecule has 0 radical (unpaired) electrons. The van der Waals surface area contributed by atoms with Gasteiger partial charge in [-0.25, -0.2) is 0 Å². The molecular weight excluding hydrogens is 390 g/mol. The van der Waals surface area contributed by atoms with Crippen LogP contribution in [-0.2, 0) is 5.75 Å². The minimum atomic E-state index is 0.700. The van der Waals surface area contributed by atoms with E-state index in [2.05, 4.69) is 26.9 Å². The van der Waals surface area contributed by atoms with Gasteiger partial charge in [0.05, 0.1) is 7.11 Å². The smallest absolute Gasteiger partial charge is 0.196 e. The molecule has 0 atom stereocenters. The van der Waals surface area contributed by atoms with E-state index in [-0.39, 0.29) is 0 Å². The standard InChI is InChI=1S/C22H18ClN3OS/c1-27-20-13-7-16(8-14-20)15-28-22-25-24-21(17-5-3-2-4-6-17)26(22)19-11-9-18(23)10-12-19/h2-14H,15H2,1H3. The quantitative estimate of drug-likeness (QED) is 0.374. The fourth-order valence-corrected chi connectivity index (χ4v) is 3.86. The van der Waals surface area contributed by atoms with Gasteiger partial charge in [-0.05, 0) is 42.0 Å². The van der Waals surface area contributed by atoms with Gasteiger partial charge in [-0.2, -0.15) is 0 Å². The molecule has 0 aliphatic rings. The van der Waals surface area contributed by atoms with Crippen molar-refractivity contribution in [1.82, 2.24) is 14.8 Å². The van der Waals surface area contributed by atoms with Crippen molar-refractivity contribution in [3.8, 4) is 22.8 Å². The van der Waals surface area contributed by atoms with Crippen LogP contribution in [0.1, 0.15) is 5.56 Å². The zero-order valence-corrected chi connectivity index (χ0v) is 16.8. The van der Waals surface area contributed by atoms with Crippen LogP contribution in [0.25, 0.3) is 17.1 Å². The monoisotopic (exact) mass is 407 g/mol. The van der Waals surface area contributed by atoms with Crippen LogP contribution in [0.5, 0.6) is 5.75 Å². The van der Waals surface area contributed by atoms with Crippen LogP contribution < -0.4 is 4.74 Å². The van der Waals surface area contributed by atoms with E-state index in [0.29, 0.717) is 5.02 Å². The first kappa shape index (κ1) is 18.6. The average Bonchev–Trinajstić information content (AvgIpc) is 3.18. The first-order valence-corrected chi connectivity index (χ1v) is 10.1. The molecule has 0 bridgehead atoms. The molecule has 0 spiro atoms. The van der Waals surface area contributed by atoms with Crippen molar-refractivity contribution in [1.29, 1.82) is 0 Å². The molecule has 0 saturated heterocycles. The van der Waals surface area contributed by atoms with Crippen LogP contribution in [0, 0.1) is 0 Å². The van der Waals surface area contributed by atoms with Crippen LogP contribution in [0.4, 0.5) is 0 Å². The predicted octanol–water partition coefficient (Wildman–Crippen LogP) is 5.89. The minimum absolute atomic E-state index is 0.700. The number of rotatable bonds is 6. The van der Waals surface area contributed by atoms with E-state index in [1.54, 1.807) is 18.9 Å². The largest absolute Gasteiger partial charge is 0.497 e. The van der Waals surface area contributed by atoms with Gasteiger partial charge in [0, 0.05) is 22.0 Å². The zero-order valence-electron chi connectivity index (χ0n) is 15.2. The summed E-state index contributed by atoms with van der Waals surface area (Å²) >= 11 is 7.72. The third-order valence-electron chi connectivity index (χ3n) is 4.28. The van der Waals surface area contributed by atoms with Crippen molar-refractivity contribution in [2.45, 2.75) is 10.9 Å². The summed E-state index contributed by atoms with van der Waals surface area (Å²) in [6.45, 7) is 0. The van der Waals surface area contributed by atoms with Crippen LogP contribution in [0.15, 0.2) is 84.0 Å². The maximum atomic E-state index is 6.08. The van der Waals surface area contributed by atoms with Gasteiger partial charge >= 0.3 is 0 Å². The molecule has 4 nitrogen and oxygen atoms in total. The molecule has 3 aromatic carbocycles. The van der Waals surface area contributed by atoms with Crippen molar-refractivity contribution in [2.75, 3.05) is 7.11 Å². The topological polar surface area (TPSA) is 39.9 Å². The molecule has 6 heteroatoms. The average molecular weight is 408 g/mol. The SMILES string of the molecule is COc1ccc(CSc2nnc(-c3ccccc3)n2-c2ccc(Cl)cc2)cc1. The summed E-state index contributed by atoms with van der Waals surface area (Å²) in [5.41, 5.74) is 3.18. The third kappa shape index (κ3) is 4.06. The Hall–Kier alpha value is -2.76. The van der Waals surface area contributed by atoms with Gasteiger partial charge < -0.3 is 4.74 Å². The van der Waals surface area contributed by atoms with Crippen LogP contribution in [-0.4, -0.2) is 21.9 Å². The number of hydrogen-bond acceptors (Lipinski definition) is 4. The number of aromatic nitrogens is 3. The molecular formula is C22H18ClN3OS. The van der Waals surface area contributed by atoms with Crippen molar-refractivity contribution in [3.05, 3.63) is 89.4 Å². The van der Waals surface area contributed by atoms with E-state index in [9.17, 15) is 0 Å². The van der Waals surface area contributed by atoms with E-state index in [1.165, 1.54) is 5.56 Å². The Morgan fingerprint density at radius 3 is 2.29 bits per heavy atom. The second-order valence-electron chi connectivity index (χ2n) is 6.12. The summed E-state index contributed by atoms with van der Waals surface area (Å²) in [5.74, 6) is 2.44. The van der Waals surface area contributed by atoms with Crippen molar-refractivity contribution in [2.24, 2.45) is 0 Å². The number of ether oxygens (including phenoxy) is 1. The fourth-order valence-electron chi connectivity index (χ4n) is 2.83. The molecule has 0 aliphatic heterocycles. The zero-order chi connectivity index (χ0) is 19.3. The molecule has 0 fully saturated rings. The Kier molecular flexibility index (Phi) is 5.65. The highest BCUT2D eigenvalue weighted by molar-refractivity contribution is 7.98. The Balaban J connectivity index is 1.68. The van der Waals surface area contributed by atoms with Gasteiger partial charge in [-0.3, -0.25) is 4.57 Å². The fraction of sp³-hybridized carbons (Fsp3) is 0.0909. The predicted molar refractivity (Wildman–Crippen MR) is 114 cm³/mol. The van der Waals surface area contributed by atoms with Crippen molar-refractivity contribution < 1.29 is 4.74 Å².